The first kappa shape index (κ1) is 14.5. The number of rotatable bonds is 5. The highest BCUT2D eigenvalue weighted by Crippen LogP contribution is 2.26. The van der Waals surface area contributed by atoms with Crippen molar-refractivity contribution in [1.82, 2.24) is 4.90 Å². The lowest BCUT2D eigenvalue weighted by molar-refractivity contribution is -0.134. The van der Waals surface area contributed by atoms with Crippen LogP contribution in [0.1, 0.15) is 59.3 Å². The number of carbonyl (C=O) groups excluding carboxylic acids is 1. The van der Waals surface area contributed by atoms with Crippen molar-refractivity contribution in [2.24, 2.45) is 11.7 Å². The normalized spacial score (nSPS) is 26.6. The molecule has 0 bridgehead atoms. The van der Waals surface area contributed by atoms with Gasteiger partial charge in [0.05, 0.1) is 0 Å². The molecule has 1 atom stereocenters. The molecule has 1 unspecified atom stereocenters. The minimum atomic E-state index is 0.335. The first-order valence-corrected chi connectivity index (χ1v) is 7.13. The monoisotopic (exact) mass is 240 g/mol. The lowest BCUT2D eigenvalue weighted by atomic mass is 9.84. The van der Waals surface area contributed by atoms with Gasteiger partial charge in [-0.1, -0.05) is 6.92 Å². The Labute approximate surface area is 106 Å². The molecule has 0 aromatic heterocycles. The second-order valence-electron chi connectivity index (χ2n) is 5.42. The topological polar surface area (TPSA) is 46.3 Å². The van der Waals surface area contributed by atoms with Crippen LogP contribution in [0.2, 0.25) is 0 Å². The smallest absolute Gasteiger partial charge is 0.223 e. The SMILES string of the molecule is CCC(C)N(CC)C(=O)CC1CCC(N)CC1. The van der Waals surface area contributed by atoms with Gasteiger partial charge in [-0.25, -0.2) is 0 Å². The van der Waals surface area contributed by atoms with Crippen molar-refractivity contribution in [3.8, 4) is 0 Å². The molecule has 1 amide bonds. The molecule has 1 rings (SSSR count). The predicted octanol–water partition coefficient (Wildman–Crippen LogP) is 2.54. The average molecular weight is 240 g/mol. The molecule has 0 heterocycles. The van der Waals surface area contributed by atoms with Crippen LogP contribution in [0.4, 0.5) is 0 Å². The van der Waals surface area contributed by atoms with E-state index in [0.29, 0.717) is 23.9 Å². The Hall–Kier alpha value is -0.570. The van der Waals surface area contributed by atoms with Crippen molar-refractivity contribution in [3.05, 3.63) is 0 Å². The van der Waals surface area contributed by atoms with Crippen molar-refractivity contribution in [3.63, 3.8) is 0 Å². The lowest BCUT2D eigenvalue weighted by Gasteiger charge is -2.31. The Morgan fingerprint density at radius 1 is 1.29 bits per heavy atom. The zero-order valence-electron chi connectivity index (χ0n) is 11.6. The maximum absolute atomic E-state index is 12.2. The number of nitrogens with two attached hydrogens (primary N) is 1. The zero-order valence-corrected chi connectivity index (χ0v) is 11.6. The zero-order chi connectivity index (χ0) is 12.8. The molecule has 100 valence electrons. The average Bonchev–Trinajstić information content (AvgIpc) is 2.32. The summed E-state index contributed by atoms with van der Waals surface area (Å²) in [5.74, 6) is 0.905. The highest BCUT2D eigenvalue weighted by molar-refractivity contribution is 5.76. The fourth-order valence-electron chi connectivity index (χ4n) is 2.71. The van der Waals surface area contributed by atoms with Gasteiger partial charge >= 0.3 is 0 Å². The van der Waals surface area contributed by atoms with E-state index in [2.05, 4.69) is 20.8 Å². The van der Waals surface area contributed by atoms with Crippen LogP contribution in [-0.4, -0.2) is 29.4 Å². The van der Waals surface area contributed by atoms with Crippen LogP contribution in [-0.2, 0) is 4.79 Å². The molecule has 2 N–H and O–H groups in total. The van der Waals surface area contributed by atoms with Crippen molar-refractivity contribution in [2.45, 2.75) is 71.4 Å². The Morgan fingerprint density at radius 2 is 1.88 bits per heavy atom. The van der Waals surface area contributed by atoms with Gasteiger partial charge in [0.15, 0.2) is 0 Å². The third kappa shape index (κ3) is 4.30. The predicted molar refractivity (Wildman–Crippen MR) is 71.7 cm³/mol. The lowest BCUT2D eigenvalue weighted by Crippen LogP contribution is -2.39. The summed E-state index contributed by atoms with van der Waals surface area (Å²) in [6.07, 6.45) is 6.21. The molecular formula is C14H28N2O. The largest absolute Gasteiger partial charge is 0.340 e. The van der Waals surface area contributed by atoms with Gasteiger partial charge in [0, 0.05) is 25.0 Å². The van der Waals surface area contributed by atoms with Crippen molar-refractivity contribution in [2.75, 3.05) is 6.54 Å². The summed E-state index contributed by atoms with van der Waals surface area (Å²) in [6, 6.07) is 0.747. The van der Waals surface area contributed by atoms with E-state index in [1.54, 1.807) is 0 Å². The number of carbonyl (C=O) groups is 1. The minimum Gasteiger partial charge on any atom is -0.340 e. The van der Waals surface area contributed by atoms with Crippen molar-refractivity contribution >= 4 is 5.91 Å². The maximum Gasteiger partial charge on any atom is 0.223 e. The molecule has 17 heavy (non-hydrogen) atoms. The van der Waals surface area contributed by atoms with Gasteiger partial charge in [-0.15, -0.1) is 0 Å². The summed E-state index contributed by atoms with van der Waals surface area (Å²) in [4.78, 5) is 14.2. The van der Waals surface area contributed by atoms with Crippen LogP contribution in [0.15, 0.2) is 0 Å². The van der Waals surface area contributed by atoms with Crippen LogP contribution >= 0.6 is 0 Å². The second-order valence-corrected chi connectivity index (χ2v) is 5.42. The molecule has 1 saturated carbocycles. The highest BCUT2D eigenvalue weighted by Gasteiger charge is 2.24. The number of amides is 1. The Kier molecular flexibility index (Phi) is 5.96. The van der Waals surface area contributed by atoms with E-state index in [9.17, 15) is 4.79 Å². The van der Waals surface area contributed by atoms with E-state index in [1.165, 1.54) is 0 Å². The van der Waals surface area contributed by atoms with Gasteiger partial charge in [-0.05, 0) is 51.9 Å². The molecule has 0 saturated heterocycles. The number of hydrogen-bond acceptors (Lipinski definition) is 2. The molecule has 1 aliphatic carbocycles. The summed E-state index contributed by atoms with van der Waals surface area (Å²) in [5, 5.41) is 0. The van der Waals surface area contributed by atoms with E-state index in [0.717, 1.165) is 45.1 Å². The van der Waals surface area contributed by atoms with Gasteiger partial charge in [0.25, 0.3) is 0 Å². The van der Waals surface area contributed by atoms with Crippen LogP contribution in [0, 0.1) is 5.92 Å². The summed E-state index contributed by atoms with van der Waals surface area (Å²) < 4.78 is 0. The van der Waals surface area contributed by atoms with Crippen LogP contribution in [0.3, 0.4) is 0 Å². The quantitative estimate of drug-likeness (QED) is 0.802. The molecule has 0 aromatic rings. The second kappa shape index (κ2) is 7.00. The summed E-state index contributed by atoms with van der Waals surface area (Å²) in [5.41, 5.74) is 5.89. The van der Waals surface area contributed by atoms with Crippen LogP contribution < -0.4 is 5.73 Å². The molecule has 0 aliphatic heterocycles. The van der Waals surface area contributed by atoms with E-state index in [4.69, 9.17) is 5.73 Å². The molecule has 0 aromatic carbocycles. The fourth-order valence-corrected chi connectivity index (χ4v) is 2.71. The van der Waals surface area contributed by atoms with Gasteiger partial charge < -0.3 is 10.6 Å². The third-order valence-electron chi connectivity index (χ3n) is 4.14. The highest BCUT2D eigenvalue weighted by atomic mass is 16.2. The molecule has 0 spiro atoms. The molecule has 3 heteroatoms. The molecule has 3 nitrogen and oxygen atoms in total. The van der Waals surface area contributed by atoms with Crippen LogP contribution in [0.5, 0.6) is 0 Å². The molecule has 1 aliphatic rings. The molecular weight excluding hydrogens is 212 g/mol. The minimum absolute atomic E-state index is 0.335. The number of nitrogens with zero attached hydrogens (tertiary/aromatic N) is 1. The van der Waals surface area contributed by atoms with E-state index in [1.807, 2.05) is 4.90 Å². The standard InChI is InChI=1S/C14H28N2O/c1-4-11(3)16(5-2)14(17)10-12-6-8-13(15)9-7-12/h11-13H,4-10,15H2,1-3H3. The van der Waals surface area contributed by atoms with E-state index in [-0.39, 0.29) is 0 Å². The van der Waals surface area contributed by atoms with E-state index < -0.39 is 0 Å². The Bertz CT molecular complexity index is 234. The fraction of sp³-hybridized carbons (Fsp3) is 0.929. The van der Waals surface area contributed by atoms with Gasteiger partial charge in [-0.2, -0.15) is 0 Å². The first-order valence-electron chi connectivity index (χ1n) is 7.13. The van der Waals surface area contributed by atoms with Gasteiger partial charge in [0.1, 0.15) is 0 Å². The van der Waals surface area contributed by atoms with Gasteiger partial charge in [0.2, 0.25) is 5.91 Å². The summed E-state index contributed by atoms with van der Waals surface area (Å²) in [7, 11) is 0. The number of hydrogen-bond donors (Lipinski definition) is 1. The Balaban J connectivity index is 2.41. The van der Waals surface area contributed by atoms with Crippen molar-refractivity contribution < 1.29 is 4.79 Å². The van der Waals surface area contributed by atoms with Crippen LogP contribution in [0.25, 0.3) is 0 Å². The van der Waals surface area contributed by atoms with Gasteiger partial charge in [-0.3, -0.25) is 4.79 Å². The maximum atomic E-state index is 12.2. The summed E-state index contributed by atoms with van der Waals surface area (Å²) in [6.45, 7) is 7.18. The first-order chi connectivity index (χ1) is 8.08. The van der Waals surface area contributed by atoms with E-state index >= 15 is 0 Å². The summed E-state index contributed by atoms with van der Waals surface area (Å²) >= 11 is 0. The van der Waals surface area contributed by atoms with Crippen molar-refractivity contribution in [1.29, 1.82) is 0 Å². The third-order valence-corrected chi connectivity index (χ3v) is 4.14. The molecule has 1 fully saturated rings. The molecule has 0 radical (unpaired) electrons. The Morgan fingerprint density at radius 3 is 2.35 bits per heavy atom.